The van der Waals surface area contributed by atoms with Crippen molar-refractivity contribution in [3.63, 3.8) is 0 Å². The second-order valence-electron chi connectivity index (χ2n) is 4.22. The zero-order valence-corrected chi connectivity index (χ0v) is 11.9. The molecule has 0 atom stereocenters. The van der Waals surface area contributed by atoms with E-state index in [1.165, 1.54) is 18.2 Å². The second kappa shape index (κ2) is 5.75. The zero-order chi connectivity index (χ0) is 13.2. The largest absolute Gasteiger partial charge is 0.284 e. The van der Waals surface area contributed by atoms with Crippen LogP contribution in [0.15, 0.2) is 23.1 Å². The van der Waals surface area contributed by atoms with Gasteiger partial charge in [0, 0.05) is 10.0 Å². The van der Waals surface area contributed by atoms with Gasteiger partial charge >= 0.3 is 0 Å². The summed E-state index contributed by atoms with van der Waals surface area (Å²) in [7, 11) is -3.73. The SMILES string of the molecule is O=S(=O)(NOC1CCCC1)c1cc(Cl)cc(Cl)c1. The van der Waals surface area contributed by atoms with Crippen molar-refractivity contribution in [3.8, 4) is 0 Å². The highest BCUT2D eigenvalue weighted by molar-refractivity contribution is 7.89. The van der Waals surface area contributed by atoms with E-state index < -0.39 is 10.0 Å². The maximum atomic E-state index is 11.9. The molecule has 0 heterocycles. The molecular weight excluding hydrogens is 297 g/mol. The van der Waals surface area contributed by atoms with Crippen molar-refractivity contribution < 1.29 is 13.3 Å². The standard InChI is InChI=1S/C11H13Cl2NO3S/c12-8-5-9(13)7-11(6-8)18(15,16)14-17-10-3-1-2-4-10/h5-7,10,14H,1-4H2. The Hall–Kier alpha value is -0.330. The summed E-state index contributed by atoms with van der Waals surface area (Å²) in [4.78, 5) is 7.30. The smallest absolute Gasteiger partial charge is 0.262 e. The van der Waals surface area contributed by atoms with Gasteiger partial charge in [-0.1, -0.05) is 40.9 Å². The van der Waals surface area contributed by atoms with Gasteiger partial charge in [0.2, 0.25) is 0 Å². The van der Waals surface area contributed by atoms with E-state index in [0.717, 1.165) is 25.7 Å². The van der Waals surface area contributed by atoms with Crippen LogP contribution < -0.4 is 4.89 Å². The first kappa shape index (κ1) is 14.1. The van der Waals surface area contributed by atoms with Gasteiger partial charge in [-0.25, -0.2) is 8.42 Å². The van der Waals surface area contributed by atoms with Crippen molar-refractivity contribution in [3.05, 3.63) is 28.2 Å². The molecule has 1 aromatic rings. The van der Waals surface area contributed by atoms with Crippen LogP contribution in [-0.2, 0) is 14.9 Å². The monoisotopic (exact) mass is 309 g/mol. The Kier molecular flexibility index (Phi) is 4.50. The molecule has 4 nitrogen and oxygen atoms in total. The summed E-state index contributed by atoms with van der Waals surface area (Å²) in [6.07, 6.45) is 3.83. The molecule has 0 saturated heterocycles. The highest BCUT2D eigenvalue weighted by atomic mass is 35.5. The van der Waals surface area contributed by atoms with Crippen molar-refractivity contribution in [2.75, 3.05) is 0 Å². The molecule has 0 amide bonds. The Morgan fingerprint density at radius 2 is 1.67 bits per heavy atom. The zero-order valence-electron chi connectivity index (χ0n) is 9.53. The van der Waals surface area contributed by atoms with Crippen molar-refractivity contribution >= 4 is 33.2 Å². The molecule has 0 aliphatic heterocycles. The highest BCUT2D eigenvalue weighted by Crippen LogP contribution is 2.23. The van der Waals surface area contributed by atoms with Crippen LogP contribution in [0.1, 0.15) is 25.7 Å². The molecule has 18 heavy (non-hydrogen) atoms. The normalized spacial score (nSPS) is 17.2. The Labute approximate surface area is 116 Å². The summed E-state index contributed by atoms with van der Waals surface area (Å²) in [5, 5.41) is 0.535. The summed E-state index contributed by atoms with van der Waals surface area (Å²) < 4.78 is 23.9. The lowest BCUT2D eigenvalue weighted by Gasteiger charge is -2.12. The van der Waals surface area contributed by atoms with Gasteiger partial charge in [0.25, 0.3) is 10.0 Å². The molecule has 0 spiro atoms. The fourth-order valence-electron chi connectivity index (χ4n) is 1.87. The molecule has 7 heteroatoms. The van der Waals surface area contributed by atoms with E-state index in [2.05, 4.69) is 4.89 Å². The van der Waals surface area contributed by atoms with E-state index in [0.29, 0.717) is 0 Å². The third kappa shape index (κ3) is 3.59. The Morgan fingerprint density at radius 3 is 2.22 bits per heavy atom. The van der Waals surface area contributed by atoms with Crippen LogP contribution in [-0.4, -0.2) is 14.5 Å². The average Bonchev–Trinajstić information content (AvgIpc) is 2.78. The Balaban J connectivity index is 2.09. The van der Waals surface area contributed by atoms with Crippen molar-refractivity contribution in [2.24, 2.45) is 0 Å². The summed E-state index contributed by atoms with van der Waals surface area (Å²) in [6.45, 7) is 0. The minimum atomic E-state index is -3.73. The van der Waals surface area contributed by atoms with Crippen molar-refractivity contribution in [1.29, 1.82) is 0 Å². The fraction of sp³-hybridized carbons (Fsp3) is 0.455. The van der Waals surface area contributed by atoms with Crippen LogP contribution in [0, 0.1) is 0 Å². The Morgan fingerprint density at radius 1 is 1.11 bits per heavy atom. The molecule has 1 saturated carbocycles. The molecule has 0 aromatic heterocycles. The third-order valence-electron chi connectivity index (χ3n) is 2.77. The molecule has 1 N–H and O–H groups in total. The highest BCUT2D eigenvalue weighted by Gasteiger charge is 2.21. The predicted octanol–water partition coefficient (Wildman–Crippen LogP) is 3.15. The van der Waals surface area contributed by atoms with Crippen LogP contribution in [0.4, 0.5) is 0 Å². The molecule has 0 radical (unpaired) electrons. The number of hydrogen-bond acceptors (Lipinski definition) is 3. The summed E-state index contributed by atoms with van der Waals surface area (Å²) >= 11 is 11.5. The van der Waals surface area contributed by atoms with Gasteiger partial charge in [0.15, 0.2) is 0 Å². The third-order valence-corrected chi connectivity index (χ3v) is 4.38. The lowest BCUT2D eigenvalue weighted by atomic mass is 10.3. The molecule has 1 aromatic carbocycles. The second-order valence-corrected chi connectivity index (χ2v) is 6.73. The molecule has 1 aliphatic rings. The summed E-state index contributed by atoms with van der Waals surface area (Å²) in [6, 6.07) is 4.13. The van der Waals surface area contributed by atoms with Crippen molar-refractivity contribution in [1.82, 2.24) is 4.89 Å². The maximum Gasteiger partial charge on any atom is 0.262 e. The van der Waals surface area contributed by atoms with Gasteiger partial charge < -0.3 is 0 Å². The Bertz CT molecular complexity index is 507. The first-order valence-electron chi connectivity index (χ1n) is 5.61. The van der Waals surface area contributed by atoms with Gasteiger partial charge in [-0.2, -0.15) is 0 Å². The average molecular weight is 310 g/mol. The van der Waals surface area contributed by atoms with E-state index in [4.69, 9.17) is 28.0 Å². The minimum Gasteiger partial charge on any atom is -0.284 e. The first-order chi connectivity index (χ1) is 8.47. The van der Waals surface area contributed by atoms with E-state index >= 15 is 0 Å². The number of benzene rings is 1. The van der Waals surface area contributed by atoms with Crippen LogP contribution in [0.5, 0.6) is 0 Å². The van der Waals surface area contributed by atoms with E-state index in [1.54, 1.807) is 0 Å². The van der Waals surface area contributed by atoms with Crippen LogP contribution >= 0.6 is 23.2 Å². The van der Waals surface area contributed by atoms with E-state index in [9.17, 15) is 8.42 Å². The molecule has 1 aliphatic carbocycles. The van der Waals surface area contributed by atoms with Crippen LogP contribution in [0.25, 0.3) is 0 Å². The van der Waals surface area contributed by atoms with Gasteiger partial charge in [-0.05, 0) is 31.0 Å². The van der Waals surface area contributed by atoms with E-state index in [-0.39, 0.29) is 21.0 Å². The quantitative estimate of drug-likeness (QED) is 0.869. The lowest BCUT2D eigenvalue weighted by molar-refractivity contribution is 0.0223. The van der Waals surface area contributed by atoms with Crippen LogP contribution in [0.2, 0.25) is 10.0 Å². The maximum absolute atomic E-state index is 11.9. The first-order valence-corrected chi connectivity index (χ1v) is 7.85. The predicted molar refractivity (Wildman–Crippen MR) is 70.1 cm³/mol. The van der Waals surface area contributed by atoms with Gasteiger partial charge in [0.05, 0.1) is 11.0 Å². The van der Waals surface area contributed by atoms with E-state index in [1.807, 2.05) is 0 Å². The number of sulfonamides is 1. The van der Waals surface area contributed by atoms with Crippen LogP contribution in [0.3, 0.4) is 0 Å². The van der Waals surface area contributed by atoms with Gasteiger partial charge in [-0.3, -0.25) is 4.84 Å². The molecular formula is C11H13Cl2NO3S. The molecule has 1 fully saturated rings. The summed E-state index contributed by atoms with van der Waals surface area (Å²) in [5.74, 6) is 0. The van der Waals surface area contributed by atoms with Crippen molar-refractivity contribution in [2.45, 2.75) is 36.7 Å². The fourth-order valence-corrected chi connectivity index (χ4v) is 3.45. The topological polar surface area (TPSA) is 55.4 Å². The molecule has 100 valence electrons. The lowest BCUT2D eigenvalue weighted by Crippen LogP contribution is -2.28. The number of nitrogens with one attached hydrogen (secondary N) is 1. The summed E-state index contributed by atoms with van der Waals surface area (Å²) in [5.41, 5.74) is 0. The number of halogens is 2. The minimum absolute atomic E-state index is 0.00185. The van der Waals surface area contributed by atoms with Gasteiger partial charge in [0.1, 0.15) is 0 Å². The number of rotatable bonds is 4. The molecule has 2 rings (SSSR count). The molecule has 0 unspecified atom stereocenters. The van der Waals surface area contributed by atoms with Gasteiger partial charge in [-0.15, -0.1) is 0 Å². The number of hydrogen-bond donors (Lipinski definition) is 1. The molecule has 0 bridgehead atoms.